The number of ether oxygens (including phenoxy) is 3. The summed E-state index contributed by atoms with van der Waals surface area (Å²) in [5, 5.41) is 6.80. The molecule has 1 atom stereocenters. The van der Waals surface area contributed by atoms with Crippen LogP contribution >= 0.6 is 24.0 Å². The van der Waals surface area contributed by atoms with Gasteiger partial charge in [0.2, 0.25) is 0 Å². The second-order valence-corrected chi connectivity index (χ2v) is 7.75. The Labute approximate surface area is 212 Å². The number of guanidine groups is 1. The molecule has 0 aliphatic carbocycles. The maximum absolute atomic E-state index is 13.9. The summed E-state index contributed by atoms with van der Waals surface area (Å²) in [7, 11) is 4.78. The largest absolute Gasteiger partial charge is 0.497 e. The van der Waals surface area contributed by atoms with E-state index >= 15 is 0 Å². The van der Waals surface area contributed by atoms with E-state index in [1.807, 2.05) is 31.2 Å². The van der Waals surface area contributed by atoms with Crippen molar-refractivity contribution in [3.63, 3.8) is 0 Å². The predicted octanol–water partition coefficient (Wildman–Crippen LogP) is 3.80. The van der Waals surface area contributed by atoms with E-state index in [0.717, 1.165) is 61.2 Å². The molecule has 1 aliphatic heterocycles. The van der Waals surface area contributed by atoms with E-state index in [1.165, 1.54) is 13.2 Å². The fourth-order valence-corrected chi connectivity index (χ4v) is 3.80. The third-order valence-electron chi connectivity index (χ3n) is 5.41. The summed E-state index contributed by atoms with van der Waals surface area (Å²) in [6, 6.07) is 11.2. The Hall–Kier alpha value is -2.27. The Bertz CT molecular complexity index is 906. The van der Waals surface area contributed by atoms with Gasteiger partial charge in [0, 0.05) is 38.3 Å². The average Bonchev–Trinajstić information content (AvgIpc) is 3.23. The van der Waals surface area contributed by atoms with Crippen molar-refractivity contribution >= 4 is 29.9 Å². The second-order valence-electron chi connectivity index (χ2n) is 7.75. The van der Waals surface area contributed by atoms with Gasteiger partial charge in [-0.25, -0.2) is 9.38 Å². The van der Waals surface area contributed by atoms with Gasteiger partial charge in [-0.3, -0.25) is 4.90 Å². The van der Waals surface area contributed by atoms with Crippen LogP contribution in [0.3, 0.4) is 0 Å². The Morgan fingerprint density at radius 1 is 1.06 bits per heavy atom. The molecule has 0 amide bonds. The fraction of sp³-hybridized carbons (Fsp3) is 0.458. The van der Waals surface area contributed by atoms with Gasteiger partial charge in [-0.05, 0) is 48.7 Å². The molecular formula is C24H34FIN4O3. The minimum absolute atomic E-state index is 0. The highest BCUT2D eigenvalue weighted by molar-refractivity contribution is 14.0. The Morgan fingerprint density at radius 2 is 1.79 bits per heavy atom. The molecule has 0 radical (unpaired) electrons. The number of halogens is 2. The van der Waals surface area contributed by atoms with Gasteiger partial charge in [-0.1, -0.05) is 6.07 Å². The van der Waals surface area contributed by atoms with E-state index in [0.29, 0.717) is 6.54 Å². The molecule has 1 unspecified atom stereocenters. The third kappa shape index (κ3) is 7.92. The SMILES string of the molecule is CCNC(=NCc1ccc(OC)c(F)c1)NC1CCN(Cc2cc(OC)cc(OC)c2)C1.I. The first-order valence-electron chi connectivity index (χ1n) is 10.9. The molecule has 7 nitrogen and oxygen atoms in total. The van der Waals surface area contributed by atoms with Crippen LogP contribution in [-0.4, -0.2) is 57.9 Å². The molecule has 0 aromatic heterocycles. The fourth-order valence-electron chi connectivity index (χ4n) is 3.80. The monoisotopic (exact) mass is 572 g/mol. The number of nitrogens with one attached hydrogen (secondary N) is 2. The molecule has 0 spiro atoms. The van der Waals surface area contributed by atoms with Crippen molar-refractivity contribution in [2.45, 2.75) is 32.5 Å². The molecule has 0 bridgehead atoms. The van der Waals surface area contributed by atoms with Gasteiger partial charge in [-0.15, -0.1) is 24.0 Å². The van der Waals surface area contributed by atoms with Crippen LogP contribution in [0.15, 0.2) is 41.4 Å². The number of benzene rings is 2. The number of likely N-dealkylation sites (tertiary alicyclic amines) is 1. The molecule has 182 valence electrons. The summed E-state index contributed by atoms with van der Waals surface area (Å²) in [6.07, 6.45) is 1.02. The van der Waals surface area contributed by atoms with Crippen molar-refractivity contribution < 1.29 is 18.6 Å². The summed E-state index contributed by atoms with van der Waals surface area (Å²) in [5.41, 5.74) is 1.95. The molecule has 1 heterocycles. The highest BCUT2D eigenvalue weighted by atomic mass is 127. The third-order valence-corrected chi connectivity index (χ3v) is 5.41. The van der Waals surface area contributed by atoms with E-state index in [-0.39, 0.29) is 41.6 Å². The summed E-state index contributed by atoms with van der Waals surface area (Å²) >= 11 is 0. The van der Waals surface area contributed by atoms with Gasteiger partial charge in [0.1, 0.15) is 11.5 Å². The summed E-state index contributed by atoms with van der Waals surface area (Å²) in [5.74, 6) is 2.19. The number of rotatable bonds is 9. The van der Waals surface area contributed by atoms with Crippen LogP contribution in [0.2, 0.25) is 0 Å². The molecule has 1 fully saturated rings. The summed E-state index contributed by atoms with van der Waals surface area (Å²) in [4.78, 5) is 7.03. The van der Waals surface area contributed by atoms with E-state index in [2.05, 4.69) is 20.5 Å². The second kappa shape index (κ2) is 13.4. The van der Waals surface area contributed by atoms with Crippen LogP contribution in [0.5, 0.6) is 17.2 Å². The topological polar surface area (TPSA) is 67.4 Å². The number of methoxy groups -OCH3 is 3. The van der Waals surface area contributed by atoms with Crippen molar-refractivity contribution in [2.75, 3.05) is 41.0 Å². The van der Waals surface area contributed by atoms with Crippen molar-refractivity contribution in [3.05, 3.63) is 53.3 Å². The number of nitrogens with zero attached hydrogens (tertiary/aromatic N) is 2. The van der Waals surface area contributed by atoms with E-state index in [1.54, 1.807) is 20.3 Å². The van der Waals surface area contributed by atoms with Crippen LogP contribution in [-0.2, 0) is 13.1 Å². The first-order valence-corrected chi connectivity index (χ1v) is 10.9. The Balaban J connectivity index is 0.00000385. The van der Waals surface area contributed by atoms with Crippen LogP contribution in [0.25, 0.3) is 0 Å². The molecule has 9 heteroatoms. The molecule has 3 rings (SSSR count). The van der Waals surface area contributed by atoms with Gasteiger partial charge in [0.15, 0.2) is 17.5 Å². The first-order chi connectivity index (χ1) is 15.5. The van der Waals surface area contributed by atoms with E-state index < -0.39 is 0 Å². The van der Waals surface area contributed by atoms with Crippen molar-refractivity contribution in [3.8, 4) is 17.2 Å². The summed E-state index contributed by atoms with van der Waals surface area (Å²) in [6.45, 7) is 5.88. The van der Waals surface area contributed by atoms with Gasteiger partial charge >= 0.3 is 0 Å². The van der Waals surface area contributed by atoms with E-state index in [4.69, 9.17) is 14.2 Å². The van der Waals surface area contributed by atoms with Crippen molar-refractivity contribution in [1.29, 1.82) is 0 Å². The lowest BCUT2D eigenvalue weighted by atomic mass is 10.2. The quantitative estimate of drug-likeness (QED) is 0.271. The van der Waals surface area contributed by atoms with Gasteiger partial charge in [0.25, 0.3) is 0 Å². The standard InChI is InChI=1S/C24H33FN4O3.HI/c1-5-26-24(27-14-17-6-7-23(32-4)22(25)12-17)28-19-8-9-29(16-19)15-18-10-20(30-2)13-21(11-18)31-3;/h6-7,10-13,19H,5,8-9,14-16H2,1-4H3,(H2,26,27,28);1H. The zero-order valence-electron chi connectivity index (χ0n) is 19.7. The number of aliphatic imine (C=N–C) groups is 1. The minimum Gasteiger partial charge on any atom is -0.497 e. The molecule has 2 N–H and O–H groups in total. The number of hydrogen-bond donors (Lipinski definition) is 2. The zero-order chi connectivity index (χ0) is 22.9. The lowest BCUT2D eigenvalue weighted by Crippen LogP contribution is -2.44. The van der Waals surface area contributed by atoms with Crippen molar-refractivity contribution in [2.24, 2.45) is 4.99 Å². The molecule has 0 saturated carbocycles. The van der Waals surface area contributed by atoms with Crippen molar-refractivity contribution in [1.82, 2.24) is 15.5 Å². The molecule has 2 aromatic carbocycles. The molecular weight excluding hydrogens is 538 g/mol. The maximum atomic E-state index is 13.9. The summed E-state index contributed by atoms with van der Waals surface area (Å²) < 4.78 is 29.7. The Morgan fingerprint density at radius 3 is 2.39 bits per heavy atom. The van der Waals surface area contributed by atoms with Gasteiger partial charge < -0.3 is 24.8 Å². The lowest BCUT2D eigenvalue weighted by molar-refractivity contribution is 0.321. The molecule has 1 saturated heterocycles. The predicted molar refractivity (Wildman–Crippen MR) is 140 cm³/mol. The smallest absolute Gasteiger partial charge is 0.191 e. The molecule has 1 aliphatic rings. The van der Waals surface area contributed by atoms with Gasteiger partial charge in [0.05, 0.1) is 27.9 Å². The minimum atomic E-state index is -0.376. The maximum Gasteiger partial charge on any atom is 0.191 e. The Kier molecular flexibility index (Phi) is 11.0. The van der Waals surface area contributed by atoms with Gasteiger partial charge in [-0.2, -0.15) is 0 Å². The van der Waals surface area contributed by atoms with Crippen LogP contribution in [0.4, 0.5) is 4.39 Å². The lowest BCUT2D eigenvalue weighted by Gasteiger charge is -2.19. The van der Waals surface area contributed by atoms with Crippen LogP contribution in [0.1, 0.15) is 24.5 Å². The first kappa shape index (κ1) is 27.0. The number of hydrogen-bond acceptors (Lipinski definition) is 5. The van der Waals surface area contributed by atoms with E-state index in [9.17, 15) is 4.39 Å². The molecule has 33 heavy (non-hydrogen) atoms. The normalized spacial score (nSPS) is 16.2. The van der Waals surface area contributed by atoms with Crippen LogP contribution in [0, 0.1) is 5.82 Å². The zero-order valence-corrected chi connectivity index (χ0v) is 22.0. The molecule has 2 aromatic rings. The highest BCUT2D eigenvalue weighted by Gasteiger charge is 2.23. The average molecular weight is 572 g/mol. The highest BCUT2D eigenvalue weighted by Crippen LogP contribution is 2.24. The van der Waals surface area contributed by atoms with Crippen LogP contribution < -0.4 is 24.8 Å².